The van der Waals surface area contributed by atoms with E-state index in [9.17, 15) is 0 Å². The van der Waals surface area contributed by atoms with Crippen molar-refractivity contribution in [1.29, 1.82) is 0 Å². The SMILES string of the molecule is Cc1nc(-c2ccccc2)nc2c1cc(Cc1ccc(Cl)cc1)c1nc3ccccc3n12. The number of hydrogen-bond donors (Lipinski definition) is 0. The predicted molar refractivity (Wildman–Crippen MR) is 130 cm³/mol. The quantitative estimate of drug-likeness (QED) is 0.313. The number of para-hydroxylation sites is 2. The Balaban J connectivity index is 1.67. The molecule has 0 aliphatic rings. The zero-order chi connectivity index (χ0) is 21.7. The van der Waals surface area contributed by atoms with E-state index in [2.05, 4.69) is 28.7 Å². The van der Waals surface area contributed by atoms with Crippen LogP contribution in [0.2, 0.25) is 5.02 Å². The molecule has 0 spiro atoms. The van der Waals surface area contributed by atoms with Gasteiger partial charge in [-0.05, 0) is 42.8 Å². The highest BCUT2D eigenvalue weighted by Crippen LogP contribution is 2.29. The first-order valence-electron chi connectivity index (χ1n) is 10.5. The van der Waals surface area contributed by atoms with E-state index in [1.165, 1.54) is 5.56 Å². The van der Waals surface area contributed by atoms with Crippen molar-refractivity contribution < 1.29 is 0 Å². The van der Waals surface area contributed by atoms with Gasteiger partial charge in [0.15, 0.2) is 11.5 Å². The smallest absolute Gasteiger partial charge is 0.161 e. The summed E-state index contributed by atoms with van der Waals surface area (Å²) in [5.41, 5.74) is 8.06. The topological polar surface area (TPSA) is 43.1 Å². The fourth-order valence-corrected chi connectivity index (χ4v) is 4.40. The molecule has 3 aromatic carbocycles. The van der Waals surface area contributed by atoms with Crippen molar-refractivity contribution in [1.82, 2.24) is 19.4 Å². The van der Waals surface area contributed by atoms with Gasteiger partial charge in [-0.25, -0.2) is 15.0 Å². The standard InChI is InChI=1S/C27H19ClN4/c1-17-22-16-20(15-18-11-13-21(28)14-12-18)26-30-23-9-5-6-10-24(23)32(26)27(22)31-25(29-17)19-7-3-2-4-8-19/h2-14,16H,15H2,1H3. The van der Waals surface area contributed by atoms with Gasteiger partial charge >= 0.3 is 0 Å². The second-order valence-corrected chi connectivity index (χ2v) is 8.40. The van der Waals surface area contributed by atoms with E-state index >= 15 is 0 Å². The molecule has 0 radical (unpaired) electrons. The van der Waals surface area contributed by atoms with E-state index in [0.29, 0.717) is 0 Å². The molecule has 0 aliphatic carbocycles. The molecule has 3 heterocycles. The van der Waals surface area contributed by atoms with Gasteiger partial charge in [-0.3, -0.25) is 4.40 Å². The van der Waals surface area contributed by atoms with E-state index in [1.54, 1.807) is 0 Å². The largest absolute Gasteiger partial charge is 0.276 e. The van der Waals surface area contributed by atoms with Crippen molar-refractivity contribution in [2.24, 2.45) is 0 Å². The van der Waals surface area contributed by atoms with Gasteiger partial charge in [0.1, 0.15) is 5.65 Å². The average molecular weight is 435 g/mol. The van der Waals surface area contributed by atoms with Crippen LogP contribution in [0.5, 0.6) is 0 Å². The monoisotopic (exact) mass is 434 g/mol. The Morgan fingerprint density at radius 2 is 1.53 bits per heavy atom. The Hall–Kier alpha value is -3.76. The van der Waals surface area contributed by atoms with Gasteiger partial charge in [-0.15, -0.1) is 0 Å². The molecule has 0 aliphatic heterocycles. The molecule has 0 bridgehead atoms. The number of benzene rings is 3. The number of rotatable bonds is 3. The summed E-state index contributed by atoms with van der Waals surface area (Å²) in [5, 5.41) is 1.77. The molecule has 0 fully saturated rings. The van der Waals surface area contributed by atoms with Crippen LogP contribution < -0.4 is 0 Å². The molecule has 6 aromatic rings. The lowest BCUT2D eigenvalue weighted by Crippen LogP contribution is -2.02. The third-order valence-corrected chi connectivity index (χ3v) is 6.09. The number of imidazole rings is 1. The molecule has 154 valence electrons. The molecule has 6 rings (SSSR count). The zero-order valence-electron chi connectivity index (χ0n) is 17.5. The first kappa shape index (κ1) is 19.0. The van der Waals surface area contributed by atoms with Gasteiger partial charge in [0.25, 0.3) is 0 Å². The summed E-state index contributed by atoms with van der Waals surface area (Å²) in [5.74, 6) is 0.722. The van der Waals surface area contributed by atoms with Gasteiger partial charge in [-0.2, -0.15) is 0 Å². The van der Waals surface area contributed by atoms with Gasteiger partial charge in [-0.1, -0.05) is 66.2 Å². The third-order valence-electron chi connectivity index (χ3n) is 5.83. The molecule has 0 atom stereocenters. The summed E-state index contributed by atoms with van der Waals surface area (Å²) < 4.78 is 2.18. The highest BCUT2D eigenvalue weighted by Gasteiger charge is 2.17. The molecule has 0 saturated heterocycles. The summed E-state index contributed by atoms with van der Waals surface area (Å²) in [4.78, 5) is 14.8. The minimum Gasteiger partial charge on any atom is -0.276 e. The van der Waals surface area contributed by atoms with Crippen LogP contribution in [0.15, 0.2) is 84.9 Å². The van der Waals surface area contributed by atoms with Crippen molar-refractivity contribution in [3.63, 3.8) is 0 Å². The Kier molecular flexibility index (Phi) is 4.40. The van der Waals surface area contributed by atoms with Crippen molar-refractivity contribution in [2.75, 3.05) is 0 Å². The second-order valence-electron chi connectivity index (χ2n) is 7.97. The lowest BCUT2D eigenvalue weighted by atomic mass is 10.0. The zero-order valence-corrected chi connectivity index (χ0v) is 18.2. The Morgan fingerprint density at radius 3 is 2.34 bits per heavy atom. The molecule has 0 unspecified atom stereocenters. The van der Waals surface area contributed by atoms with Gasteiger partial charge < -0.3 is 0 Å². The van der Waals surface area contributed by atoms with E-state index in [0.717, 1.165) is 61.8 Å². The predicted octanol–water partition coefficient (Wildman–Crippen LogP) is 6.65. The van der Waals surface area contributed by atoms with Crippen LogP contribution >= 0.6 is 11.6 Å². The van der Waals surface area contributed by atoms with Crippen molar-refractivity contribution in [2.45, 2.75) is 13.3 Å². The minimum absolute atomic E-state index is 0.722. The van der Waals surface area contributed by atoms with E-state index < -0.39 is 0 Å². The van der Waals surface area contributed by atoms with Gasteiger partial charge in [0.2, 0.25) is 0 Å². The molecular formula is C27H19ClN4. The van der Waals surface area contributed by atoms with Crippen LogP contribution in [-0.2, 0) is 6.42 Å². The normalized spacial score (nSPS) is 11.6. The number of hydrogen-bond acceptors (Lipinski definition) is 3. The molecule has 0 saturated carbocycles. The summed E-state index contributed by atoms with van der Waals surface area (Å²) in [6, 6.07) is 28.5. The van der Waals surface area contributed by atoms with Crippen molar-refractivity contribution in [3.05, 3.63) is 107 Å². The summed E-state index contributed by atoms with van der Waals surface area (Å²) in [6.45, 7) is 2.05. The van der Waals surface area contributed by atoms with Crippen molar-refractivity contribution >= 4 is 39.3 Å². The maximum atomic E-state index is 6.09. The number of nitrogens with zero attached hydrogens (tertiary/aromatic N) is 4. The number of aryl methyl sites for hydroxylation is 1. The van der Waals surface area contributed by atoms with Gasteiger partial charge in [0, 0.05) is 28.0 Å². The Labute approximate surface area is 190 Å². The van der Waals surface area contributed by atoms with Crippen LogP contribution in [0.4, 0.5) is 0 Å². The minimum atomic E-state index is 0.722. The summed E-state index contributed by atoms with van der Waals surface area (Å²) >= 11 is 6.09. The molecule has 32 heavy (non-hydrogen) atoms. The first-order valence-corrected chi connectivity index (χ1v) is 10.9. The highest BCUT2D eigenvalue weighted by atomic mass is 35.5. The Bertz CT molecular complexity index is 1600. The maximum Gasteiger partial charge on any atom is 0.161 e. The molecule has 4 nitrogen and oxygen atoms in total. The fourth-order valence-electron chi connectivity index (χ4n) is 4.27. The maximum absolute atomic E-state index is 6.09. The van der Waals surface area contributed by atoms with E-state index in [1.807, 2.05) is 67.6 Å². The second kappa shape index (κ2) is 7.43. The number of halogens is 1. The summed E-state index contributed by atoms with van der Waals surface area (Å²) in [6.07, 6.45) is 0.750. The first-order chi connectivity index (χ1) is 15.7. The van der Waals surface area contributed by atoms with Crippen LogP contribution in [0.1, 0.15) is 16.8 Å². The highest BCUT2D eigenvalue weighted by molar-refractivity contribution is 6.30. The van der Waals surface area contributed by atoms with Crippen LogP contribution in [0.3, 0.4) is 0 Å². The average Bonchev–Trinajstić information content (AvgIpc) is 3.22. The molecule has 0 amide bonds. The van der Waals surface area contributed by atoms with Crippen LogP contribution in [-0.4, -0.2) is 19.4 Å². The number of pyridine rings is 1. The molecular weight excluding hydrogens is 416 g/mol. The Morgan fingerprint density at radius 1 is 0.781 bits per heavy atom. The van der Waals surface area contributed by atoms with Crippen LogP contribution in [0, 0.1) is 6.92 Å². The van der Waals surface area contributed by atoms with E-state index in [-0.39, 0.29) is 0 Å². The fraction of sp³-hybridized carbons (Fsp3) is 0.0741. The number of aromatic nitrogens is 4. The molecule has 5 heteroatoms. The number of fused-ring (bicyclic) bond motifs is 5. The third kappa shape index (κ3) is 3.12. The van der Waals surface area contributed by atoms with Crippen LogP contribution in [0.25, 0.3) is 39.1 Å². The molecule has 0 N–H and O–H groups in total. The van der Waals surface area contributed by atoms with Gasteiger partial charge in [0.05, 0.1) is 16.7 Å². The lowest BCUT2D eigenvalue weighted by Gasteiger charge is -2.12. The molecule has 3 aromatic heterocycles. The van der Waals surface area contributed by atoms with E-state index in [4.69, 9.17) is 26.6 Å². The lowest BCUT2D eigenvalue weighted by molar-refractivity contribution is 1.09. The van der Waals surface area contributed by atoms with Crippen molar-refractivity contribution in [3.8, 4) is 11.4 Å². The summed E-state index contributed by atoms with van der Waals surface area (Å²) in [7, 11) is 0.